The Morgan fingerprint density at radius 3 is 2.73 bits per heavy atom. The number of rotatable bonds is 6. The van der Waals surface area contributed by atoms with Crippen LogP contribution in [0.3, 0.4) is 0 Å². The molecule has 0 bridgehead atoms. The van der Waals surface area contributed by atoms with E-state index in [4.69, 9.17) is 4.74 Å². The number of carbonyl (C=O) groups excluding carboxylic acids is 1. The van der Waals surface area contributed by atoms with Gasteiger partial charge in [0.15, 0.2) is 0 Å². The summed E-state index contributed by atoms with van der Waals surface area (Å²) in [5, 5.41) is 0. The molecule has 1 saturated carbocycles. The highest BCUT2D eigenvalue weighted by molar-refractivity contribution is 5.80. The van der Waals surface area contributed by atoms with Crippen molar-refractivity contribution in [3.8, 4) is 0 Å². The SMILES string of the molecule is CC1CCCC(OC(C)C(=O)N(C)CCc2ccccc2)C1. The molecule has 1 fully saturated rings. The minimum atomic E-state index is -0.337. The van der Waals surface area contributed by atoms with E-state index in [-0.39, 0.29) is 18.1 Å². The molecule has 0 radical (unpaired) electrons. The van der Waals surface area contributed by atoms with E-state index >= 15 is 0 Å². The van der Waals surface area contributed by atoms with Gasteiger partial charge in [-0.1, -0.05) is 50.1 Å². The quantitative estimate of drug-likeness (QED) is 0.802. The van der Waals surface area contributed by atoms with Crippen molar-refractivity contribution in [1.29, 1.82) is 0 Å². The summed E-state index contributed by atoms with van der Waals surface area (Å²) in [6, 6.07) is 10.3. The minimum Gasteiger partial charge on any atom is -0.365 e. The molecule has 1 amide bonds. The third kappa shape index (κ3) is 5.13. The van der Waals surface area contributed by atoms with Gasteiger partial charge in [-0.15, -0.1) is 0 Å². The topological polar surface area (TPSA) is 29.5 Å². The maximum Gasteiger partial charge on any atom is 0.251 e. The van der Waals surface area contributed by atoms with Crippen LogP contribution >= 0.6 is 0 Å². The summed E-state index contributed by atoms with van der Waals surface area (Å²) in [7, 11) is 1.87. The second-order valence-electron chi connectivity index (χ2n) is 6.67. The predicted octanol–water partition coefficient (Wildman–Crippen LogP) is 3.67. The van der Waals surface area contributed by atoms with Gasteiger partial charge in [-0.05, 0) is 37.7 Å². The lowest BCUT2D eigenvalue weighted by Crippen LogP contribution is -2.40. The number of amides is 1. The van der Waals surface area contributed by atoms with Gasteiger partial charge in [0.25, 0.3) is 5.91 Å². The third-order valence-corrected chi connectivity index (χ3v) is 4.59. The van der Waals surface area contributed by atoms with Gasteiger partial charge in [0, 0.05) is 13.6 Å². The van der Waals surface area contributed by atoms with Gasteiger partial charge in [-0.25, -0.2) is 0 Å². The highest BCUT2D eigenvalue weighted by Gasteiger charge is 2.25. The molecule has 2 rings (SSSR count). The summed E-state index contributed by atoms with van der Waals surface area (Å²) in [6.07, 6.45) is 5.49. The van der Waals surface area contributed by atoms with Gasteiger partial charge in [-0.2, -0.15) is 0 Å². The lowest BCUT2D eigenvalue weighted by molar-refractivity contribution is -0.146. The zero-order valence-electron chi connectivity index (χ0n) is 14.1. The summed E-state index contributed by atoms with van der Waals surface area (Å²) < 4.78 is 6.01. The first-order chi connectivity index (χ1) is 10.6. The number of hydrogen-bond acceptors (Lipinski definition) is 2. The molecule has 122 valence electrons. The van der Waals surface area contributed by atoms with Gasteiger partial charge >= 0.3 is 0 Å². The van der Waals surface area contributed by atoms with Crippen LogP contribution in [0, 0.1) is 5.92 Å². The highest BCUT2D eigenvalue weighted by Crippen LogP contribution is 2.26. The first-order valence-corrected chi connectivity index (χ1v) is 8.50. The fourth-order valence-electron chi connectivity index (χ4n) is 3.21. The Balaban J connectivity index is 1.76. The van der Waals surface area contributed by atoms with E-state index in [1.54, 1.807) is 4.90 Å². The van der Waals surface area contributed by atoms with E-state index in [1.807, 2.05) is 32.2 Å². The maximum absolute atomic E-state index is 12.4. The molecule has 0 saturated heterocycles. The molecule has 1 aromatic rings. The van der Waals surface area contributed by atoms with E-state index in [2.05, 4.69) is 19.1 Å². The fourth-order valence-corrected chi connectivity index (χ4v) is 3.21. The first-order valence-electron chi connectivity index (χ1n) is 8.50. The fraction of sp³-hybridized carbons (Fsp3) is 0.632. The summed E-state index contributed by atoms with van der Waals surface area (Å²) in [4.78, 5) is 14.2. The zero-order chi connectivity index (χ0) is 15.9. The molecule has 0 spiro atoms. The highest BCUT2D eigenvalue weighted by atomic mass is 16.5. The van der Waals surface area contributed by atoms with Crippen molar-refractivity contribution >= 4 is 5.91 Å². The Hall–Kier alpha value is -1.35. The van der Waals surface area contributed by atoms with Crippen LogP contribution in [0.1, 0.15) is 45.1 Å². The molecular formula is C19H29NO2. The van der Waals surface area contributed by atoms with E-state index in [1.165, 1.54) is 18.4 Å². The molecule has 3 nitrogen and oxygen atoms in total. The van der Waals surface area contributed by atoms with Gasteiger partial charge in [0.05, 0.1) is 6.10 Å². The number of hydrogen-bond donors (Lipinski definition) is 0. The molecule has 0 aromatic heterocycles. The molecule has 3 unspecified atom stereocenters. The average Bonchev–Trinajstić information content (AvgIpc) is 2.53. The molecule has 22 heavy (non-hydrogen) atoms. The van der Waals surface area contributed by atoms with E-state index in [0.717, 1.165) is 31.7 Å². The number of nitrogens with zero attached hydrogens (tertiary/aromatic N) is 1. The minimum absolute atomic E-state index is 0.0918. The molecule has 3 atom stereocenters. The van der Waals surface area contributed by atoms with Crippen molar-refractivity contribution < 1.29 is 9.53 Å². The van der Waals surface area contributed by atoms with Crippen LogP contribution in [0.5, 0.6) is 0 Å². The van der Waals surface area contributed by atoms with Crippen LogP contribution in [-0.2, 0) is 16.0 Å². The maximum atomic E-state index is 12.4. The Kier molecular flexibility index (Phi) is 6.44. The van der Waals surface area contributed by atoms with Gasteiger partial charge in [-0.3, -0.25) is 4.79 Å². The van der Waals surface area contributed by atoms with Crippen molar-refractivity contribution in [2.45, 2.75) is 58.2 Å². The van der Waals surface area contributed by atoms with Crippen LogP contribution in [0.25, 0.3) is 0 Å². The first kappa shape index (κ1) is 17.0. The zero-order valence-corrected chi connectivity index (χ0v) is 14.1. The van der Waals surface area contributed by atoms with Crippen molar-refractivity contribution in [3.63, 3.8) is 0 Å². The van der Waals surface area contributed by atoms with E-state index in [0.29, 0.717) is 0 Å². The Morgan fingerprint density at radius 2 is 2.05 bits per heavy atom. The van der Waals surface area contributed by atoms with Gasteiger partial charge in [0.2, 0.25) is 0 Å². The third-order valence-electron chi connectivity index (χ3n) is 4.59. The smallest absolute Gasteiger partial charge is 0.251 e. The monoisotopic (exact) mass is 303 g/mol. The lowest BCUT2D eigenvalue weighted by atomic mass is 9.88. The Morgan fingerprint density at radius 1 is 1.32 bits per heavy atom. The van der Waals surface area contributed by atoms with Crippen LogP contribution in [0.4, 0.5) is 0 Å². The second kappa shape index (κ2) is 8.33. The van der Waals surface area contributed by atoms with Crippen LogP contribution < -0.4 is 0 Å². The summed E-state index contributed by atoms with van der Waals surface area (Å²) in [5.74, 6) is 0.811. The molecule has 1 aromatic carbocycles. The standard InChI is InChI=1S/C19H29NO2/c1-15-8-7-11-18(14-15)22-16(2)19(21)20(3)13-12-17-9-5-4-6-10-17/h4-6,9-10,15-16,18H,7-8,11-14H2,1-3H3. The van der Waals surface area contributed by atoms with Crippen LogP contribution in [-0.4, -0.2) is 36.6 Å². The Bertz CT molecular complexity index is 460. The van der Waals surface area contributed by atoms with Crippen molar-refractivity contribution in [2.24, 2.45) is 5.92 Å². The molecule has 0 N–H and O–H groups in total. The van der Waals surface area contributed by atoms with Crippen molar-refractivity contribution in [1.82, 2.24) is 4.90 Å². The van der Waals surface area contributed by atoms with Crippen molar-refractivity contribution in [2.75, 3.05) is 13.6 Å². The van der Waals surface area contributed by atoms with Crippen molar-refractivity contribution in [3.05, 3.63) is 35.9 Å². The number of likely N-dealkylation sites (N-methyl/N-ethyl adjacent to an activating group) is 1. The normalized spacial score (nSPS) is 23.0. The molecule has 0 heterocycles. The number of ether oxygens (including phenoxy) is 1. The molecule has 1 aliphatic rings. The molecule has 0 aliphatic heterocycles. The average molecular weight is 303 g/mol. The number of benzene rings is 1. The number of carbonyl (C=O) groups is 1. The van der Waals surface area contributed by atoms with E-state index < -0.39 is 0 Å². The second-order valence-corrected chi connectivity index (χ2v) is 6.67. The lowest BCUT2D eigenvalue weighted by Gasteiger charge is -2.30. The largest absolute Gasteiger partial charge is 0.365 e. The van der Waals surface area contributed by atoms with E-state index in [9.17, 15) is 4.79 Å². The van der Waals surface area contributed by atoms with Crippen LogP contribution in [0.15, 0.2) is 30.3 Å². The summed E-state index contributed by atoms with van der Waals surface area (Å²) in [6.45, 7) is 4.90. The molecule has 1 aliphatic carbocycles. The molecule has 3 heteroatoms. The van der Waals surface area contributed by atoms with Crippen LogP contribution in [0.2, 0.25) is 0 Å². The summed E-state index contributed by atoms with van der Waals surface area (Å²) in [5.41, 5.74) is 1.26. The Labute approximate surface area is 134 Å². The summed E-state index contributed by atoms with van der Waals surface area (Å²) >= 11 is 0. The van der Waals surface area contributed by atoms with Gasteiger partial charge < -0.3 is 9.64 Å². The molecular weight excluding hydrogens is 274 g/mol. The predicted molar refractivity (Wildman–Crippen MR) is 89.8 cm³/mol. The van der Waals surface area contributed by atoms with Gasteiger partial charge in [0.1, 0.15) is 6.10 Å².